The average molecular weight is 508 g/mol. The van der Waals surface area contributed by atoms with Crippen molar-refractivity contribution in [3.63, 3.8) is 0 Å². The molecule has 0 aliphatic rings. The van der Waals surface area contributed by atoms with Gasteiger partial charge in [-0.3, -0.25) is 0 Å². The molecule has 0 nitrogen and oxygen atoms in total. The molecule has 29 heavy (non-hydrogen) atoms. The van der Waals surface area contributed by atoms with E-state index in [2.05, 4.69) is 143 Å². The molecule has 0 saturated heterocycles. The van der Waals surface area contributed by atoms with Crippen LogP contribution in [0.1, 0.15) is 16.7 Å². The van der Waals surface area contributed by atoms with Crippen molar-refractivity contribution in [1.82, 2.24) is 0 Å². The predicted molar refractivity (Wildman–Crippen MR) is 137 cm³/mol. The van der Waals surface area contributed by atoms with Gasteiger partial charge in [0.05, 0.1) is 0 Å². The third kappa shape index (κ3) is 4.79. The summed E-state index contributed by atoms with van der Waals surface area (Å²) in [5.41, 5.74) is 4.28. The molecule has 0 aliphatic heterocycles. The van der Waals surface area contributed by atoms with E-state index in [1.54, 1.807) is 0 Å². The molecule has 146 valence electrons. The summed E-state index contributed by atoms with van der Waals surface area (Å²) in [5.74, 6) is 0. The molecule has 4 rings (SSSR count). The van der Waals surface area contributed by atoms with Gasteiger partial charge in [-0.05, 0) is 0 Å². The first-order valence-electron chi connectivity index (χ1n) is 10.0. The molecule has 0 radical (unpaired) electrons. The monoisotopic (exact) mass is 508 g/mol. The summed E-state index contributed by atoms with van der Waals surface area (Å²) in [6, 6.07) is 44.4. The van der Waals surface area contributed by atoms with Crippen LogP contribution in [-0.2, 0) is 18.5 Å². The molecular weight excluding hydrogens is 482 g/mol. The standard InChI is InChI=1S/C27H26IP/c28-29(27-19-11-4-12-20-27,21-24-13-5-1-6-14-24,22-25-15-7-2-8-16-25)23-26-17-9-3-10-18-26/h1-20H,21-23H2. The molecule has 0 saturated carbocycles. The van der Waals surface area contributed by atoms with Crippen LogP contribution in [0.2, 0.25) is 0 Å². The Morgan fingerprint density at radius 1 is 0.414 bits per heavy atom. The molecule has 0 amide bonds. The second-order valence-corrected chi connectivity index (χ2v) is 20.1. The van der Waals surface area contributed by atoms with Crippen molar-refractivity contribution >= 4 is 31.6 Å². The van der Waals surface area contributed by atoms with E-state index in [9.17, 15) is 0 Å². The number of halogens is 1. The predicted octanol–water partition coefficient (Wildman–Crippen LogP) is 7.82. The minimum absolute atomic E-state index is 1.10. The van der Waals surface area contributed by atoms with E-state index >= 15 is 0 Å². The Morgan fingerprint density at radius 2 is 0.690 bits per heavy atom. The molecule has 0 aromatic heterocycles. The molecule has 0 heterocycles. The van der Waals surface area contributed by atoms with Crippen molar-refractivity contribution < 1.29 is 0 Å². The summed E-state index contributed by atoms with van der Waals surface area (Å²) < 4.78 is -2.43. The van der Waals surface area contributed by atoms with Gasteiger partial charge in [-0.25, -0.2) is 0 Å². The van der Waals surface area contributed by atoms with Crippen molar-refractivity contribution in [2.24, 2.45) is 0 Å². The summed E-state index contributed by atoms with van der Waals surface area (Å²) in [5, 5.41) is 1.51. The number of hydrogen-bond donors (Lipinski definition) is 0. The van der Waals surface area contributed by atoms with E-state index < -0.39 is 4.25 Å². The van der Waals surface area contributed by atoms with Gasteiger partial charge in [0.25, 0.3) is 0 Å². The molecular formula is C27H26IP. The summed E-state index contributed by atoms with van der Waals surface area (Å²) in [4.78, 5) is 0. The third-order valence-electron chi connectivity index (χ3n) is 5.56. The first-order chi connectivity index (χ1) is 14.1. The molecule has 0 unspecified atom stereocenters. The van der Waals surface area contributed by atoms with Gasteiger partial charge in [-0.1, -0.05) is 0 Å². The molecule has 4 aromatic rings. The van der Waals surface area contributed by atoms with Crippen LogP contribution >= 0.6 is 26.3 Å². The van der Waals surface area contributed by atoms with Crippen LogP contribution in [-0.4, -0.2) is 0 Å². The fraction of sp³-hybridized carbons (Fsp3) is 0.111. The van der Waals surface area contributed by atoms with Gasteiger partial charge in [-0.15, -0.1) is 0 Å². The SMILES string of the molecule is IP(Cc1ccccc1)(Cc1ccccc1)(Cc1ccccc1)c1ccccc1. The molecule has 0 aliphatic carbocycles. The van der Waals surface area contributed by atoms with E-state index in [1.165, 1.54) is 22.0 Å². The fourth-order valence-corrected chi connectivity index (χ4v) is 13.7. The second-order valence-electron chi connectivity index (χ2n) is 7.85. The van der Waals surface area contributed by atoms with Gasteiger partial charge in [0, 0.05) is 0 Å². The van der Waals surface area contributed by atoms with E-state index in [0.717, 1.165) is 18.5 Å². The number of rotatable bonds is 7. The first-order valence-corrected chi connectivity index (χ1v) is 15.6. The van der Waals surface area contributed by atoms with Crippen molar-refractivity contribution in [3.05, 3.63) is 138 Å². The van der Waals surface area contributed by atoms with Crippen LogP contribution in [0.5, 0.6) is 0 Å². The Balaban J connectivity index is 1.90. The van der Waals surface area contributed by atoms with Gasteiger partial charge >= 0.3 is 188 Å². The van der Waals surface area contributed by atoms with Gasteiger partial charge in [-0.2, -0.15) is 0 Å². The number of benzene rings is 4. The Hall–Kier alpha value is -1.96. The summed E-state index contributed by atoms with van der Waals surface area (Å²) in [7, 11) is 0. The Labute approximate surface area is 187 Å². The summed E-state index contributed by atoms with van der Waals surface area (Å²) in [6.45, 7) is 0. The second kappa shape index (κ2) is 8.81. The maximum absolute atomic E-state index is 2.92. The van der Waals surface area contributed by atoms with E-state index in [4.69, 9.17) is 0 Å². The zero-order valence-corrected chi connectivity index (χ0v) is 19.5. The molecule has 0 spiro atoms. The van der Waals surface area contributed by atoms with E-state index in [-0.39, 0.29) is 0 Å². The van der Waals surface area contributed by atoms with Gasteiger partial charge in [0.15, 0.2) is 0 Å². The van der Waals surface area contributed by atoms with Crippen LogP contribution in [0.4, 0.5) is 0 Å². The van der Waals surface area contributed by atoms with Gasteiger partial charge < -0.3 is 0 Å². The number of hydrogen-bond acceptors (Lipinski definition) is 0. The Bertz CT molecular complexity index is 927. The van der Waals surface area contributed by atoms with Crippen LogP contribution in [0.3, 0.4) is 0 Å². The first kappa shape index (κ1) is 20.3. The van der Waals surface area contributed by atoms with Crippen LogP contribution < -0.4 is 5.30 Å². The molecule has 0 atom stereocenters. The Kier molecular flexibility index (Phi) is 6.18. The average Bonchev–Trinajstić information content (AvgIpc) is 2.76. The zero-order chi connectivity index (χ0) is 20.0. The molecule has 0 N–H and O–H groups in total. The molecule has 0 fully saturated rings. The van der Waals surface area contributed by atoms with E-state index in [0.29, 0.717) is 0 Å². The van der Waals surface area contributed by atoms with Gasteiger partial charge in [0.1, 0.15) is 0 Å². The summed E-state index contributed by atoms with van der Waals surface area (Å²) in [6.07, 6.45) is 3.29. The summed E-state index contributed by atoms with van der Waals surface area (Å²) >= 11 is 2.92. The van der Waals surface area contributed by atoms with Crippen molar-refractivity contribution in [3.8, 4) is 0 Å². The van der Waals surface area contributed by atoms with Crippen molar-refractivity contribution in [2.45, 2.75) is 18.5 Å². The Morgan fingerprint density at radius 3 is 1.00 bits per heavy atom. The fourth-order valence-electron chi connectivity index (χ4n) is 4.25. The molecule has 2 heteroatoms. The molecule has 0 bridgehead atoms. The minimum atomic E-state index is -2.43. The van der Waals surface area contributed by atoms with Crippen LogP contribution in [0, 0.1) is 0 Å². The zero-order valence-electron chi connectivity index (χ0n) is 16.5. The van der Waals surface area contributed by atoms with Crippen LogP contribution in [0.25, 0.3) is 0 Å². The van der Waals surface area contributed by atoms with Crippen molar-refractivity contribution in [1.29, 1.82) is 0 Å². The normalized spacial score (nSPS) is 12.8. The van der Waals surface area contributed by atoms with E-state index in [1.807, 2.05) is 0 Å². The van der Waals surface area contributed by atoms with Crippen molar-refractivity contribution in [2.75, 3.05) is 0 Å². The molecule has 4 aromatic carbocycles. The van der Waals surface area contributed by atoms with Gasteiger partial charge in [0.2, 0.25) is 0 Å². The quantitative estimate of drug-likeness (QED) is 0.176. The topological polar surface area (TPSA) is 0 Å². The third-order valence-corrected chi connectivity index (χ3v) is 15.2. The maximum atomic E-state index is 2.92. The van der Waals surface area contributed by atoms with Crippen LogP contribution in [0.15, 0.2) is 121 Å².